The first-order chi connectivity index (χ1) is 7.14. The van der Waals surface area contributed by atoms with E-state index in [9.17, 15) is 5.11 Å². The second-order valence-electron chi connectivity index (χ2n) is 4.18. The third kappa shape index (κ3) is 4.95. The van der Waals surface area contributed by atoms with Gasteiger partial charge in [0.25, 0.3) is 0 Å². The molecule has 0 aliphatic rings. The van der Waals surface area contributed by atoms with Crippen molar-refractivity contribution in [3.05, 3.63) is 18.7 Å². The molecule has 4 heteroatoms. The molecule has 0 radical (unpaired) electrons. The van der Waals surface area contributed by atoms with E-state index in [0.717, 1.165) is 25.9 Å². The largest absolute Gasteiger partial charge is 0.389 e. The molecule has 1 aromatic heterocycles. The number of imidazole rings is 1. The first-order valence-electron chi connectivity index (χ1n) is 5.53. The van der Waals surface area contributed by atoms with E-state index in [4.69, 9.17) is 0 Å². The monoisotopic (exact) mass is 211 g/mol. The molecule has 1 unspecified atom stereocenters. The summed E-state index contributed by atoms with van der Waals surface area (Å²) in [7, 11) is 0. The van der Waals surface area contributed by atoms with Crippen molar-refractivity contribution in [1.29, 1.82) is 0 Å². The number of aryl methyl sites for hydroxylation is 1. The Bertz CT molecular complexity index is 257. The summed E-state index contributed by atoms with van der Waals surface area (Å²) in [5.74, 6) is 0. The molecule has 0 aromatic carbocycles. The third-order valence-electron chi connectivity index (χ3n) is 2.60. The molecule has 0 spiro atoms. The summed E-state index contributed by atoms with van der Waals surface area (Å²) in [6.45, 7) is 6.41. The van der Waals surface area contributed by atoms with Crippen molar-refractivity contribution in [3.63, 3.8) is 0 Å². The van der Waals surface area contributed by atoms with Crippen molar-refractivity contribution in [1.82, 2.24) is 14.9 Å². The number of aromatic nitrogens is 2. The summed E-state index contributed by atoms with van der Waals surface area (Å²) in [5.41, 5.74) is -0.574. The van der Waals surface area contributed by atoms with Crippen LogP contribution in [0.5, 0.6) is 0 Å². The van der Waals surface area contributed by atoms with Crippen molar-refractivity contribution >= 4 is 0 Å². The SMILES string of the molecule is CCC(C)(O)CNCCCn1ccnc1. The van der Waals surface area contributed by atoms with Crippen molar-refractivity contribution in [2.24, 2.45) is 0 Å². The van der Waals surface area contributed by atoms with E-state index in [1.54, 1.807) is 6.20 Å². The normalized spacial score (nSPS) is 15.1. The molecule has 0 aliphatic carbocycles. The predicted octanol–water partition coefficient (Wildman–Crippen LogP) is 1.02. The predicted molar refractivity (Wildman–Crippen MR) is 60.6 cm³/mol. The van der Waals surface area contributed by atoms with Gasteiger partial charge in [-0.15, -0.1) is 0 Å². The Morgan fingerprint density at radius 2 is 2.33 bits per heavy atom. The standard InChI is InChI=1S/C11H21N3O/c1-3-11(2,15)9-12-5-4-7-14-8-6-13-10-14/h6,8,10,12,15H,3-5,7,9H2,1-2H3. The summed E-state index contributed by atoms with van der Waals surface area (Å²) in [4.78, 5) is 3.98. The molecule has 0 aliphatic heterocycles. The zero-order chi connectivity index (χ0) is 11.1. The number of rotatable bonds is 7. The minimum atomic E-state index is -0.574. The van der Waals surface area contributed by atoms with Gasteiger partial charge in [0.15, 0.2) is 0 Å². The molecule has 15 heavy (non-hydrogen) atoms. The number of hydrogen-bond donors (Lipinski definition) is 2. The van der Waals surface area contributed by atoms with Crippen LogP contribution in [0, 0.1) is 0 Å². The lowest BCUT2D eigenvalue weighted by Crippen LogP contribution is -2.37. The van der Waals surface area contributed by atoms with Crippen LogP contribution in [-0.4, -0.2) is 33.3 Å². The Morgan fingerprint density at radius 3 is 2.93 bits per heavy atom. The summed E-state index contributed by atoms with van der Waals surface area (Å²) in [5, 5.41) is 13.0. The van der Waals surface area contributed by atoms with Crippen LogP contribution in [0.1, 0.15) is 26.7 Å². The van der Waals surface area contributed by atoms with Crippen LogP contribution in [0.2, 0.25) is 0 Å². The highest BCUT2D eigenvalue weighted by atomic mass is 16.3. The lowest BCUT2D eigenvalue weighted by Gasteiger charge is -2.21. The highest BCUT2D eigenvalue weighted by Gasteiger charge is 2.15. The van der Waals surface area contributed by atoms with Crippen LogP contribution in [0.4, 0.5) is 0 Å². The lowest BCUT2D eigenvalue weighted by molar-refractivity contribution is 0.0559. The van der Waals surface area contributed by atoms with Gasteiger partial charge in [0, 0.05) is 25.5 Å². The zero-order valence-electron chi connectivity index (χ0n) is 9.61. The minimum absolute atomic E-state index is 0.574. The number of nitrogens with one attached hydrogen (secondary N) is 1. The van der Waals surface area contributed by atoms with Crippen LogP contribution in [0.25, 0.3) is 0 Å². The molecule has 0 amide bonds. The fourth-order valence-electron chi connectivity index (χ4n) is 1.29. The fourth-order valence-corrected chi connectivity index (χ4v) is 1.29. The van der Waals surface area contributed by atoms with Gasteiger partial charge >= 0.3 is 0 Å². The van der Waals surface area contributed by atoms with E-state index in [1.807, 2.05) is 26.4 Å². The number of aliphatic hydroxyl groups is 1. The zero-order valence-corrected chi connectivity index (χ0v) is 9.61. The van der Waals surface area contributed by atoms with Gasteiger partial charge in [0.05, 0.1) is 11.9 Å². The second-order valence-corrected chi connectivity index (χ2v) is 4.18. The van der Waals surface area contributed by atoms with Crippen molar-refractivity contribution in [2.75, 3.05) is 13.1 Å². The second kappa shape index (κ2) is 5.88. The van der Waals surface area contributed by atoms with Gasteiger partial charge in [-0.25, -0.2) is 4.98 Å². The van der Waals surface area contributed by atoms with Gasteiger partial charge in [-0.3, -0.25) is 0 Å². The van der Waals surface area contributed by atoms with Crippen LogP contribution in [0.15, 0.2) is 18.7 Å². The molecule has 0 bridgehead atoms. The maximum absolute atomic E-state index is 9.73. The van der Waals surface area contributed by atoms with E-state index < -0.39 is 5.60 Å². The third-order valence-corrected chi connectivity index (χ3v) is 2.60. The maximum Gasteiger partial charge on any atom is 0.0945 e. The molecule has 0 saturated heterocycles. The molecule has 1 aromatic rings. The van der Waals surface area contributed by atoms with Gasteiger partial charge in [0.2, 0.25) is 0 Å². The van der Waals surface area contributed by atoms with E-state index >= 15 is 0 Å². The average Bonchev–Trinajstić information content (AvgIpc) is 2.70. The Labute approximate surface area is 91.3 Å². The van der Waals surface area contributed by atoms with Crippen molar-refractivity contribution < 1.29 is 5.11 Å². The first kappa shape index (κ1) is 12.2. The summed E-state index contributed by atoms with van der Waals surface area (Å²) in [6.07, 6.45) is 7.40. The minimum Gasteiger partial charge on any atom is -0.389 e. The molecule has 1 atom stereocenters. The molecule has 0 fully saturated rings. The average molecular weight is 211 g/mol. The number of hydrogen-bond acceptors (Lipinski definition) is 3. The van der Waals surface area contributed by atoms with Crippen LogP contribution in [0.3, 0.4) is 0 Å². The quantitative estimate of drug-likeness (QED) is 0.662. The van der Waals surface area contributed by atoms with Gasteiger partial charge in [-0.05, 0) is 26.3 Å². The maximum atomic E-state index is 9.73. The summed E-state index contributed by atoms with van der Waals surface area (Å²) >= 11 is 0. The topological polar surface area (TPSA) is 50.1 Å². The molecular weight excluding hydrogens is 190 g/mol. The smallest absolute Gasteiger partial charge is 0.0945 e. The molecule has 1 heterocycles. The van der Waals surface area contributed by atoms with Gasteiger partial charge in [-0.2, -0.15) is 0 Å². The Kier molecular flexibility index (Phi) is 4.78. The van der Waals surface area contributed by atoms with E-state index in [-0.39, 0.29) is 0 Å². The van der Waals surface area contributed by atoms with E-state index in [1.165, 1.54) is 0 Å². The Balaban J connectivity index is 2.03. The van der Waals surface area contributed by atoms with Crippen LogP contribution < -0.4 is 5.32 Å². The molecule has 1 rings (SSSR count). The summed E-state index contributed by atoms with van der Waals surface area (Å²) < 4.78 is 2.06. The van der Waals surface area contributed by atoms with Gasteiger partial charge in [-0.1, -0.05) is 6.92 Å². The molecular formula is C11H21N3O. The van der Waals surface area contributed by atoms with Gasteiger partial charge in [0.1, 0.15) is 0 Å². The molecule has 4 nitrogen and oxygen atoms in total. The van der Waals surface area contributed by atoms with E-state index in [0.29, 0.717) is 6.54 Å². The summed E-state index contributed by atoms with van der Waals surface area (Å²) in [6, 6.07) is 0. The highest BCUT2D eigenvalue weighted by Crippen LogP contribution is 2.05. The lowest BCUT2D eigenvalue weighted by atomic mass is 10.0. The Morgan fingerprint density at radius 1 is 1.53 bits per heavy atom. The van der Waals surface area contributed by atoms with Crippen LogP contribution in [-0.2, 0) is 6.54 Å². The molecule has 0 saturated carbocycles. The van der Waals surface area contributed by atoms with Crippen molar-refractivity contribution in [2.45, 2.75) is 38.8 Å². The molecule has 86 valence electrons. The van der Waals surface area contributed by atoms with Crippen molar-refractivity contribution in [3.8, 4) is 0 Å². The first-order valence-corrected chi connectivity index (χ1v) is 5.53. The number of nitrogens with zero attached hydrogens (tertiary/aromatic N) is 2. The van der Waals surface area contributed by atoms with Crippen LogP contribution >= 0.6 is 0 Å². The highest BCUT2D eigenvalue weighted by molar-refractivity contribution is 4.75. The van der Waals surface area contributed by atoms with E-state index in [2.05, 4.69) is 14.9 Å². The fraction of sp³-hybridized carbons (Fsp3) is 0.727. The Hall–Kier alpha value is -0.870. The van der Waals surface area contributed by atoms with Gasteiger partial charge < -0.3 is 15.0 Å². The molecule has 2 N–H and O–H groups in total.